The molecule has 0 aromatic carbocycles. The lowest BCUT2D eigenvalue weighted by atomic mass is 10.1. The summed E-state index contributed by atoms with van der Waals surface area (Å²) in [6.07, 6.45) is 2.60. The molecule has 0 radical (unpaired) electrons. The van der Waals surface area contributed by atoms with E-state index in [-0.39, 0.29) is 0 Å². The van der Waals surface area contributed by atoms with Crippen molar-refractivity contribution in [2.24, 2.45) is 0 Å². The van der Waals surface area contributed by atoms with Crippen molar-refractivity contribution < 1.29 is 0 Å². The molecule has 1 unspecified atom stereocenters. The van der Waals surface area contributed by atoms with Gasteiger partial charge in [0, 0.05) is 38.3 Å². The Balaban J connectivity index is 2.34. The zero-order valence-corrected chi connectivity index (χ0v) is 12.4. The molecule has 1 aliphatic rings. The molecule has 3 heteroatoms. The monoisotopic (exact) mass is 241 g/mol. The number of piperazine rings is 1. The predicted octanol–water partition coefficient (Wildman–Crippen LogP) is 1.74. The topological polar surface area (TPSA) is 9.72 Å². The normalized spacial score (nSPS) is 21.4. The molecule has 1 saturated heterocycles. The number of nitrogens with zero attached hydrogens (tertiary/aromatic N) is 3. The standard InChI is InChI=1S/C14H31N3/c1-6-14(7-8-15(4)5)17-11-9-16(10-12-17)13(2)3/h13-14H,6-12H2,1-5H3. The molecule has 0 spiro atoms. The van der Waals surface area contributed by atoms with Crippen LogP contribution in [0.25, 0.3) is 0 Å². The smallest absolute Gasteiger partial charge is 0.0113 e. The maximum Gasteiger partial charge on any atom is 0.0113 e. The van der Waals surface area contributed by atoms with E-state index < -0.39 is 0 Å². The molecule has 1 aliphatic heterocycles. The average molecular weight is 241 g/mol. The molecule has 102 valence electrons. The van der Waals surface area contributed by atoms with Gasteiger partial charge in [0.15, 0.2) is 0 Å². The molecule has 3 nitrogen and oxygen atoms in total. The first-order valence-electron chi connectivity index (χ1n) is 7.17. The first kappa shape index (κ1) is 14.9. The van der Waals surface area contributed by atoms with Crippen LogP contribution in [0.1, 0.15) is 33.6 Å². The Bertz CT molecular complexity index is 196. The van der Waals surface area contributed by atoms with Gasteiger partial charge in [-0.15, -0.1) is 0 Å². The van der Waals surface area contributed by atoms with Gasteiger partial charge in [-0.2, -0.15) is 0 Å². The van der Waals surface area contributed by atoms with Crippen LogP contribution in [0.3, 0.4) is 0 Å². The summed E-state index contributed by atoms with van der Waals surface area (Å²) < 4.78 is 0. The van der Waals surface area contributed by atoms with Crippen LogP contribution in [-0.2, 0) is 0 Å². The van der Waals surface area contributed by atoms with Crippen LogP contribution in [-0.4, -0.2) is 73.6 Å². The maximum absolute atomic E-state index is 2.70. The van der Waals surface area contributed by atoms with E-state index in [0.717, 1.165) is 6.04 Å². The molecule has 0 amide bonds. The highest BCUT2D eigenvalue weighted by molar-refractivity contribution is 4.79. The summed E-state index contributed by atoms with van der Waals surface area (Å²) in [5.41, 5.74) is 0. The lowest BCUT2D eigenvalue weighted by Gasteiger charge is -2.41. The predicted molar refractivity (Wildman–Crippen MR) is 75.5 cm³/mol. The lowest BCUT2D eigenvalue weighted by molar-refractivity contribution is 0.0708. The quantitative estimate of drug-likeness (QED) is 0.701. The minimum atomic E-state index is 0.707. The van der Waals surface area contributed by atoms with Gasteiger partial charge in [-0.05, 0) is 47.3 Å². The Morgan fingerprint density at radius 2 is 1.53 bits per heavy atom. The van der Waals surface area contributed by atoms with Gasteiger partial charge in [0.1, 0.15) is 0 Å². The molecule has 0 N–H and O–H groups in total. The largest absolute Gasteiger partial charge is 0.309 e. The van der Waals surface area contributed by atoms with Crippen LogP contribution in [0.15, 0.2) is 0 Å². The van der Waals surface area contributed by atoms with Gasteiger partial charge >= 0.3 is 0 Å². The average Bonchev–Trinajstić information content (AvgIpc) is 2.30. The van der Waals surface area contributed by atoms with Crippen molar-refractivity contribution in [2.75, 3.05) is 46.8 Å². The molecule has 1 rings (SSSR count). The maximum atomic E-state index is 2.70. The molecular weight excluding hydrogens is 210 g/mol. The van der Waals surface area contributed by atoms with E-state index in [1.165, 1.54) is 45.6 Å². The van der Waals surface area contributed by atoms with Crippen LogP contribution in [0.4, 0.5) is 0 Å². The van der Waals surface area contributed by atoms with Gasteiger partial charge < -0.3 is 4.90 Å². The molecule has 1 heterocycles. The van der Waals surface area contributed by atoms with E-state index in [4.69, 9.17) is 0 Å². The van der Waals surface area contributed by atoms with Crippen molar-refractivity contribution >= 4 is 0 Å². The highest BCUT2D eigenvalue weighted by Gasteiger charge is 2.23. The minimum absolute atomic E-state index is 0.707. The zero-order valence-electron chi connectivity index (χ0n) is 12.4. The molecule has 1 fully saturated rings. The van der Waals surface area contributed by atoms with Gasteiger partial charge in [0.25, 0.3) is 0 Å². The fraction of sp³-hybridized carbons (Fsp3) is 1.00. The second kappa shape index (κ2) is 7.34. The highest BCUT2D eigenvalue weighted by Crippen LogP contribution is 2.14. The van der Waals surface area contributed by atoms with Crippen LogP contribution in [0.5, 0.6) is 0 Å². The van der Waals surface area contributed by atoms with Gasteiger partial charge in [0.05, 0.1) is 0 Å². The van der Waals surface area contributed by atoms with Crippen molar-refractivity contribution in [3.63, 3.8) is 0 Å². The van der Waals surface area contributed by atoms with Crippen molar-refractivity contribution in [1.82, 2.24) is 14.7 Å². The highest BCUT2D eigenvalue weighted by atomic mass is 15.3. The molecule has 0 aromatic rings. The first-order valence-corrected chi connectivity index (χ1v) is 7.17. The Morgan fingerprint density at radius 3 is 1.94 bits per heavy atom. The SMILES string of the molecule is CCC(CCN(C)C)N1CCN(C(C)C)CC1. The third-order valence-electron chi connectivity index (χ3n) is 3.98. The summed E-state index contributed by atoms with van der Waals surface area (Å²) in [6.45, 7) is 13.1. The third-order valence-corrected chi connectivity index (χ3v) is 3.98. The van der Waals surface area contributed by atoms with Crippen molar-refractivity contribution in [3.8, 4) is 0 Å². The molecule has 17 heavy (non-hydrogen) atoms. The molecule has 0 aliphatic carbocycles. The third kappa shape index (κ3) is 4.94. The Labute approximate surface area is 108 Å². The van der Waals surface area contributed by atoms with E-state index >= 15 is 0 Å². The number of rotatable bonds is 6. The van der Waals surface area contributed by atoms with E-state index in [2.05, 4.69) is 49.6 Å². The molecular formula is C14H31N3. The van der Waals surface area contributed by atoms with E-state index in [0.29, 0.717) is 6.04 Å². The van der Waals surface area contributed by atoms with Crippen molar-refractivity contribution in [3.05, 3.63) is 0 Å². The van der Waals surface area contributed by atoms with E-state index in [9.17, 15) is 0 Å². The van der Waals surface area contributed by atoms with Crippen molar-refractivity contribution in [2.45, 2.75) is 45.7 Å². The number of hydrogen-bond donors (Lipinski definition) is 0. The molecule has 0 saturated carbocycles. The second-order valence-corrected chi connectivity index (χ2v) is 5.82. The van der Waals surface area contributed by atoms with Gasteiger partial charge in [-0.25, -0.2) is 0 Å². The minimum Gasteiger partial charge on any atom is -0.309 e. The van der Waals surface area contributed by atoms with Crippen molar-refractivity contribution in [1.29, 1.82) is 0 Å². The zero-order chi connectivity index (χ0) is 12.8. The van der Waals surface area contributed by atoms with Crippen LogP contribution >= 0.6 is 0 Å². The Hall–Kier alpha value is -0.120. The summed E-state index contributed by atoms with van der Waals surface area (Å²) in [5, 5.41) is 0. The Morgan fingerprint density at radius 1 is 1.00 bits per heavy atom. The van der Waals surface area contributed by atoms with Gasteiger partial charge in [0.2, 0.25) is 0 Å². The van der Waals surface area contributed by atoms with Crippen LogP contribution in [0, 0.1) is 0 Å². The van der Waals surface area contributed by atoms with Gasteiger partial charge in [-0.3, -0.25) is 9.80 Å². The molecule has 0 aromatic heterocycles. The summed E-state index contributed by atoms with van der Waals surface area (Å²) in [4.78, 5) is 7.59. The van der Waals surface area contributed by atoms with Gasteiger partial charge in [-0.1, -0.05) is 6.92 Å². The first-order chi connectivity index (χ1) is 8.04. The summed E-state index contributed by atoms with van der Waals surface area (Å²) in [6, 6.07) is 1.49. The summed E-state index contributed by atoms with van der Waals surface area (Å²) in [5.74, 6) is 0. The summed E-state index contributed by atoms with van der Waals surface area (Å²) in [7, 11) is 4.34. The molecule has 0 bridgehead atoms. The molecule has 1 atom stereocenters. The second-order valence-electron chi connectivity index (χ2n) is 5.82. The lowest BCUT2D eigenvalue weighted by Crippen LogP contribution is -2.52. The van der Waals surface area contributed by atoms with E-state index in [1.807, 2.05) is 0 Å². The fourth-order valence-electron chi connectivity index (χ4n) is 2.67. The van der Waals surface area contributed by atoms with Crippen LogP contribution < -0.4 is 0 Å². The number of hydrogen-bond acceptors (Lipinski definition) is 3. The Kier molecular flexibility index (Phi) is 6.45. The van der Waals surface area contributed by atoms with E-state index in [1.54, 1.807) is 0 Å². The fourth-order valence-corrected chi connectivity index (χ4v) is 2.67. The van der Waals surface area contributed by atoms with Crippen LogP contribution in [0.2, 0.25) is 0 Å². The summed E-state index contributed by atoms with van der Waals surface area (Å²) >= 11 is 0.